The zero-order valence-electron chi connectivity index (χ0n) is 22.3. The molecule has 0 spiro atoms. The van der Waals surface area contributed by atoms with Gasteiger partial charge in [-0.05, 0) is 37.3 Å². The van der Waals surface area contributed by atoms with Crippen molar-refractivity contribution in [2.24, 2.45) is 0 Å². The number of carbonyl (C=O) groups excluding carboxylic acids is 2. The summed E-state index contributed by atoms with van der Waals surface area (Å²) in [5.74, 6) is -2.00. The summed E-state index contributed by atoms with van der Waals surface area (Å²) in [4.78, 5) is 40.9. The van der Waals surface area contributed by atoms with Gasteiger partial charge in [-0.15, -0.1) is 11.3 Å². The van der Waals surface area contributed by atoms with Crippen molar-refractivity contribution in [2.75, 3.05) is 42.3 Å². The third-order valence-electron chi connectivity index (χ3n) is 5.84. The van der Waals surface area contributed by atoms with Gasteiger partial charge in [0.1, 0.15) is 27.6 Å². The Bertz CT molecular complexity index is 1660. The first-order valence-electron chi connectivity index (χ1n) is 12.1. The van der Waals surface area contributed by atoms with Crippen molar-refractivity contribution in [3.63, 3.8) is 0 Å². The highest BCUT2D eigenvalue weighted by Crippen LogP contribution is 2.21. The lowest BCUT2D eigenvalue weighted by molar-refractivity contribution is -0.135. The molecule has 0 fully saturated rings. The molecule has 0 saturated heterocycles. The second-order valence-corrected chi connectivity index (χ2v) is 9.74. The van der Waals surface area contributed by atoms with E-state index in [1.54, 1.807) is 74.9 Å². The number of rotatable bonds is 9. The van der Waals surface area contributed by atoms with Crippen molar-refractivity contribution in [3.05, 3.63) is 73.9 Å². The number of alkyl halides is 3. The van der Waals surface area contributed by atoms with Gasteiger partial charge in [0.05, 0.1) is 12.2 Å². The van der Waals surface area contributed by atoms with Crippen LogP contribution in [0, 0.1) is 17.1 Å². The summed E-state index contributed by atoms with van der Waals surface area (Å²) in [6.45, 7) is -0.0483. The number of hydrogen-bond donors (Lipinski definition) is 2. The number of amides is 2. The fraction of sp³-hybridized carbons (Fsp3) is 0.259. The number of hydrogen-bond acceptors (Lipinski definition) is 7. The Hall–Kier alpha value is -4.64. The van der Waals surface area contributed by atoms with Crippen LogP contribution in [0.5, 0.6) is 0 Å². The molecule has 0 saturated carbocycles. The van der Waals surface area contributed by atoms with Crippen LogP contribution in [0.2, 0.25) is 0 Å². The zero-order chi connectivity index (χ0) is 30.3. The lowest BCUT2D eigenvalue weighted by Crippen LogP contribution is -2.37. The normalized spacial score (nSPS) is 12.4. The number of benzene rings is 2. The molecule has 2 amide bonds. The molecule has 0 aliphatic carbocycles. The number of nitriles is 1. The van der Waals surface area contributed by atoms with Crippen LogP contribution < -0.4 is 35.2 Å². The molecule has 1 heterocycles. The van der Waals surface area contributed by atoms with Crippen LogP contribution in [0.25, 0.3) is 11.8 Å². The number of nitrogens with one attached hydrogen (secondary N) is 2. The molecule has 0 aliphatic rings. The van der Waals surface area contributed by atoms with Crippen molar-refractivity contribution in [2.45, 2.75) is 19.6 Å². The van der Waals surface area contributed by atoms with Gasteiger partial charge in [-0.3, -0.25) is 19.0 Å². The number of nitrogens with zero attached hydrogens (tertiary/aromatic N) is 4. The maximum atomic E-state index is 14.1. The zero-order valence-corrected chi connectivity index (χ0v) is 23.1. The Morgan fingerprint density at radius 2 is 1.85 bits per heavy atom. The highest BCUT2D eigenvalue weighted by atomic mass is 32.1. The Balaban J connectivity index is 1.84. The molecule has 3 rings (SSSR count). The monoisotopic (exact) mass is 590 g/mol. The van der Waals surface area contributed by atoms with E-state index in [1.807, 2.05) is 0 Å². The molecule has 0 atom stereocenters. The molecule has 0 radical (unpaired) electrons. The highest BCUT2D eigenvalue weighted by molar-refractivity contribution is 7.07. The average Bonchev–Trinajstić information content (AvgIpc) is 3.25. The number of aromatic nitrogens is 1. The van der Waals surface area contributed by atoms with Crippen LogP contribution >= 0.6 is 11.3 Å². The summed E-state index contributed by atoms with van der Waals surface area (Å²) in [6.07, 6.45) is -3.32. The average molecular weight is 591 g/mol. The van der Waals surface area contributed by atoms with Gasteiger partial charge in [0.15, 0.2) is 5.57 Å². The van der Waals surface area contributed by atoms with Gasteiger partial charge in [0.2, 0.25) is 5.91 Å². The number of thiazole rings is 1. The maximum Gasteiger partial charge on any atom is 0.405 e. The largest absolute Gasteiger partial charge is 0.405 e. The molecule has 216 valence electrons. The molecule has 9 nitrogen and oxygen atoms in total. The van der Waals surface area contributed by atoms with Gasteiger partial charge in [0, 0.05) is 38.2 Å². The van der Waals surface area contributed by atoms with Crippen LogP contribution in [-0.4, -0.2) is 49.7 Å². The molecule has 2 aromatic carbocycles. The predicted molar refractivity (Wildman–Crippen MR) is 149 cm³/mol. The van der Waals surface area contributed by atoms with Crippen molar-refractivity contribution in [1.82, 2.24) is 9.88 Å². The van der Waals surface area contributed by atoms with Gasteiger partial charge in [0.25, 0.3) is 11.5 Å². The molecule has 0 bridgehead atoms. The molecule has 3 aromatic rings. The van der Waals surface area contributed by atoms with E-state index in [2.05, 4.69) is 5.32 Å². The fourth-order valence-electron chi connectivity index (χ4n) is 3.71. The Morgan fingerprint density at radius 3 is 2.49 bits per heavy atom. The minimum Gasteiger partial charge on any atom is -0.363 e. The quantitative estimate of drug-likeness (QED) is 0.371. The first kappa shape index (κ1) is 30.9. The summed E-state index contributed by atoms with van der Waals surface area (Å²) < 4.78 is 52.8. The van der Waals surface area contributed by atoms with E-state index in [0.29, 0.717) is 11.4 Å². The van der Waals surface area contributed by atoms with Crippen LogP contribution in [0.15, 0.2) is 53.3 Å². The second kappa shape index (κ2) is 13.1. The van der Waals surface area contributed by atoms with Crippen molar-refractivity contribution in [3.8, 4) is 6.07 Å². The Kier molecular flexibility index (Phi) is 9.90. The van der Waals surface area contributed by atoms with Crippen molar-refractivity contribution >= 4 is 52.0 Å². The summed E-state index contributed by atoms with van der Waals surface area (Å²) in [7, 11) is 3.17. The molecule has 0 unspecified atom stereocenters. The van der Waals surface area contributed by atoms with Gasteiger partial charge < -0.3 is 20.4 Å². The number of likely N-dealkylation sites (N-methyl/N-ethyl adjacent to an activating group) is 2. The van der Waals surface area contributed by atoms with E-state index in [4.69, 9.17) is 0 Å². The van der Waals surface area contributed by atoms with E-state index in [9.17, 15) is 37.2 Å². The molecular formula is C27H26F4N6O3S. The predicted octanol–water partition coefficient (Wildman–Crippen LogP) is 2.37. The van der Waals surface area contributed by atoms with E-state index in [1.165, 1.54) is 22.1 Å². The number of para-hydroxylation sites is 1. The van der Waals surface area contributed by atoms with Gasteiger partial charge in [-0.1, -0.05) is 18.2 Å². The molecular weight excluding hydrogens is 564 g/mol. The topological polar surface area (TPSA) is 110 Å². The molecule has 41 heavy (non-hydrogen) atoms. The Labute approximate surface area is 236 Å². The van der Waals surface area contributed by atoms with Crippen LogP contribution in [0.1, 0.15) is 6.92 Å². The SMILES string of the molecule is CCn1c(=C(C#N)C(=O)NCC(F)(F)F)sc(=CNc2cccc(N(C)C(=O)CN(C)c3ccccc3F)c2)c1=O. The van der Waals surface area contributed by atoms with Crippen molar-refractivity contribution in [1.29, 1.82) is 5.26 Å². The van der Waals surface area contributed by atoms with E-state index >= 15 is 0 Å². The van der Waals surface area contributed by atoms with E-state index < -0.39 is 35.6 Å². The van der Waals surface area contributed by atoms with Gasteiger partial charge >= 0.3 is 6.18 Å². The van der Waals surface area contributed by atoms with Crippen LogP contribution in [0.3, 0.4) is 0 Å². The third kappa shape index (κ3) is 7.73. The summed E-state index contributed by atoms with van der Waals surface area (Å²) >= 11 is 0.776. The van der Waals surface area contributed by atoms with Crippen LogP contribution in [0.4, 0.5) is 34.6 Å². The maximum absolute atomic E-state index is 14.1. The first-order chi connectivity index (χ1) is 19.4. The highest BCUT2D eigenvalue weighted by Gasteiger charge is 2.29. The van der Waals surface area contributed by atoms with Gasteiger partial charge in [-0.2, -0.15) is 18.4 Å². The summed E-state index contributed by atoms with van der Waals surface area (Å²) in [5, 5.41) is 14.0. The fourth-order valence-corrected chi connectivity index (χ4v) is 4.80. The minimum atomic E-state index is -4.66. The number of anilines is 3. The second-order valence-electron chi connectivity index (χ2n) is 8.70. The minimum absolute atomic E-state index is 0.0694. The molecule has 2 N–H and O–H groups in total. The molecule has 0 aliphatic heterocycles. The summed E-state index contributed by atoms with van der Waals surface area (Å²) in [6, 6.07) is 14.4. The smallest absolute Gasteiger partial charge is 0.363 e. The van der Waals surface area contributed by atoms with Crippen molar-refractivity contribution < 1.29 is 27.2 Å². The van der Waals surface area contributed by atoms with E-state index in [0.717, 1.165) is 15.9 Å². The Morgan fingerprint density at radius 1 is 1.15 bits per heavy atom. The van der Waals surface area contributed by atoms with Gasteiger partial charge in [-0.25, -0.2) is 4.39 Å². The lowest BCUT2D eigenvalue weighted by Gasteiger charge is -2.24. The van der Waals surface area contributed by atoms with E-state index in [-0.39, 0.29) is 33.9 Å². The summed E-state index contributed by atoms with van der Waals surface area (Å²) in [5.41, 5.74) is 0.127. The standard InChI is InChI=1S/C27H26F4N6O3S/c1-4-37-25(40)22(41-26(37)19(13-32)24(39)34-16-27(29,30)31)14-33-17-8-7-9-18(12-17)36(3)23(38)15-35(2)21-11-6-5-10-20(21)28/h5-12,14,33H,4,15-16H2,1-3H3,(H,34,39). The number of carbonyl (C=O) groups is 2. The molecule has 14 heteroatoms. The lowest BCUT2D eigenvalue weighted by atomic mass is 10.2. The molecule has 1 aromatic heterocycles. The van der Waals surface area contributed by atoms with Crippen LogP contribution in [-0.2, 0) is 16.1 Å². The number of halogens is 4. The third-order valence-corrected chi connectivity index (χ3v) is 6.97. The first-order valence-corrected chi connectivity index (χ1v) is 13.0.